The lowest BCUT2D eigenvalue weighted by Gasteiger charge is -2.33. The number of hydrogen-bond acceptors (Lipinski definition) is 4. The molecule has 5 nitrogen and oxygen atoms in total. The Hall–Kier alpha value is -1.59. The number of anilines is 2. The molecule has 1 fully saturated rings. The second kappa shape index (κ2) is 5.42. The van der Waals surface area contributed by atoms with Gasteiger partial charge in [-0.3, -0.25) is 4.79 Å². The van der Waals surface area contributed by atoms with E-state index in [1.165, 1.54) is 0 Å². The summed E-state index contributed by atoms with van der Waals surface area (Å²) in [5, 5.41) is 2.85. The van der Waals surface area contributed by atoms with Gasteiger partial charge in [0, 0.05) is 43.7 Å². The van der Waals surface area contributed by atoms with Gasteiger partial charge in [-0.05, 0) is 30.9 Å². The Bertz CT molecular complexity index is 510. The zero-order valence-electron chi connectivity index (χ0n) is 11.8. The van der Waals surface area contributed by atoms with Crippen LogP contribution in [-0.4, -0.2) is 32.7 Å². The maximum atomic E-state index is 11.6. The number of piperidine rings is 1. The molecule has 0 bridgehead atoms. The van der Waals surface area contributed by atoms with Crippen molar-refractivity contribution in [2.24, 2.45) is 11.7 Å². The van der Waals surface area contributed by atoms with E-state index in [-0.39, 0.29) is 5.91 Å². The summed E-state index contributed by atoms with van der Waals surface area (Å²) in [6.45, 7) is 2.92. The third-order valence-corrected chi connectivity index (χ3v) is 4.29. The number of ether oxygens (including phenoxy) is 1. The number of rotatable bonds is 3. The molecular weight excluding hydrogens is 254 g/mol. The Morgan fingerprint density at radius 1 is 1.40 bits per heavy atom. The molecule has 3 rings (SSSR count). The smallest absolute Gasteiger partial charge is 0.245 e. The summed E-state index contributed by atoms with van der Waals surface area (Å²) >= 11 is 0. The third kappa shape index (κ3) is 2.39. The molecule has 2 heterocycles. The van der Waals surface area contributed by atoms with Gasteiger partial charge in [-0.25, -0.2) is 0 Å². The van der Waals surface area contributed by atoms with E-state index in [4.69, 9.17) is 10.5 Å². The number of methoxy groups -OCH3 is 1. The van der Waals surface area contributed by atoms with Crippen molar-refractivity contribution in [1.82, 2.24) is 0 Å². The molecule has 1 amide bonds. The number of carbonyl (C=O) groups is 1. The fraction of sp³-hybridized carbons (Fsp3) is 0.533. The molecule has 0 radical (unpaired) electrons. The van der Waals surface area contributed by atoms with Crippen LogP contribution in [-0.2, 0) is 9.53 Å². The van der Waals surface area contributed by atoms with Gasteiger partial charge in [0.15, 0.2) is 0 Å². The maximum Gasteiger partial charge on any atom is 0.245 e. The van der Waals surface area contributed by atoms with Crippen LogP contribution in [0.2, 0.25) is 0 Å². The normalized spacial score (nSPS) is 22.8. The molecule has 0 aromatic heterocycles. The second-order valence-electron chi connectivity index (χ2n) is 5.62. The van der Waals surface area contributed by atoms with Gasteiger partial charge in [0.1, 0.15) is 6.04 Å². The Kier molecular flexibility index (Phi) is 3.63. The van der Waals surface area contributed by atoms with Gasteiger partial charge in [0.25, 0.3) is 0 Å². The molecule has 1 saturated heterocycles. The highest BCUT2D eigenvalue weighted by atomic mass is 16.5. The lowest BCUT2D eigenvalue weighted by Crippen LogP contribution is -2.34. The highest BCUT2D eigenvalue weighted by molar-refractivity contribution is 6.02. The van der Waals surface area contributed by atoms with E-state index in [1.807, 2.05) is 12.1 Å². The summed E-state index contributed by atoms with van der Waals surface area (Å²) in [7, 11) is 1.76. The molecule has 2 aliphatic heterocycles. The van der Waals surface area contributed by atoms with E-state index < -0.39 is 6.04 Å². The summed E-state index contributed by atoms with van der Waals surface area (Å²) in [6.07, 6.45) is 2.30. The van der Waals surface area contributed by atoms with Crippen LogP contribution in [0.3, 0.4) is 0 Å². The largest absolute Gasteiger partial charge is 0.384 e. The number of amides is 1. The topological polar surface area (TPSA) is 67.6 Å². The Morgan fingerprint density at radius 2 is 2.15 bits per heavy atom. The lowest BCUT2D eigenvalue weighted by molar-refractivity contribution is -0.116. The van der Waals surface area contributed by atoms with Gasteiger partial charge in [0.2, 0.25) is 5.91 Å². The van der Waals surface area contributed by atoms with Crippen LogP contribution in [0.4, 0.5) is 11.4 Å². The minimum Gasteiger partial charge on any atom is -0.384 e. The number of nitrogens with one attached hydrogen (secondary N) is 1. The summed E-state index contributed by atoms with van der Waals surface area (Å²) in [5.74, 6) is 0.551. The molecular formula is C15H21N3O2. The number of benzene rings is 1. The molecule has 20 heavy (non-hydrogen) atoms. The highest BCUT2D eigenvalue weighted by Crippen LogP contribution is 2.34. The van der Waals surface area contributed by atoms with Crippen LogP contribution in [0.1, 0.15) is 24.4 Å². The standard InChI is InChI=1S/C15H21N3O2/c1-20-9-10-4-6-18(7-5-10)11-2-3-12-13(8-11)17-15(19)14(12)16/h2-3,8,10,14H,4-7,9,16H2,1H3,(H,17,19). The molecule has 1 unspecified atom stereocenters. The first-order valence-corrected chi connectivity index (χ1v) is 7.13. The van der Waals surface area contributed by atoms with Crippen LogP contribution >= 0.6 is 0 Å². The first-order valence-electron chi connectivity index (χ1n) is 7.13. The molecule has 0 spiro atoms. The summed E-state index contributed by atoms with van der Waals surface area (Å²) in [6, 6.07) is 5.55. The average molecular weight is 275 g/mol. The van der Waals surface area contributed by atoms with E-state index in [0.717, 1.165) is 49.5 Å². The van der Waals surface area contributed by atoms with E-state index in [1.54, 1.807) is 7.11 Å². The quantitative estimate of drug-likeness (QED) is 0.877. The molecule has 3 N–H and O–H groups in total. The first kappa shape index (κ1) is 13.4. The molecule has 0 aliphatic carbocycles. The molecule has 0 saturated carbocycles. The van der Waals surface area contributed by atoms with Crippen LogP contribution in [0.15, 0.2) is 18.2 Å². The maximum absolute atomic E-state index is 11.6. The Morgan fingerprint density at radius 3 is 2.85 bits per heavy atom. The Labute approximate surface area is 119 Å². The SMILES string of the molecule is COCC1CCN(c2ccc3c(c2)NC(=O)C3N)CC1. The van der Waals surface area contributed by atoms with Gasteiger partial charge < -0.3 is 20.7 Å². The van der Waals surface area contributed by atoms with Crippen LogP contribution in [0.25, 0.3) is 0 Å². The van der Waals surface area contributed by atoms with Gasteiger partial charge in [-0.2, -0.15) is 0 Å². The predicted molar refractivity (Wildman–Crippen MR) is 78.8 cm³/mol. The van der Waals surface area contributed by atoms with Gasteiger partial charge in [-0.15, -0.1) is 0 Å². The average Bonchev–Trinajstić information content (AvgIpc) is 2.75. The Balaban J connectivity index is 1.71. The number of hydrogen-bond donors (Lipinski definition) is 2. The van der Waals surface area contributed by atoms with Crippen LogP contribution in [0.5, 0.6) is 0 Å². The number of nitrogens with two attached hydrogens (primary N) is 1. The fourth-order valence-electron chi connectivity index (χ4n) is 3.07. The van der Waals surface area contributed by atoms with Crippen molar-refractivity contribution in [3.05, 3.63) is 23.8 Å². The first-order chi connectivity index (χ1) is 9.69. The van der Waals surface area contributed by atoms with Gasteiger partial charge in [-0.1, -0.05) is 6.07 Å². The zero-order valence-corrected chi connectivity index (χ0v) is 11.8. The van der Waals surface area contributed by atoms with Gasteiger partial charge in [0.05, 0.1) is 0 Å². The molecule has 1 atom stereocenters. The summed E-state index contributed by atoms with van der Waals surface area (Å²) in [4.78, 5) is 13.9. The molecule has 108 valence electrons. The zero-order chi connectivity index (χ0) is 14.1. The van der Waals surface area contributed by atoms with E-state index >= 15 is 0 Å². The van der Waals surface area contributed by atoms with Crippen molar-refractivity contribution in [1.29, 1.82) is 0 Å². The van der Waals surface area contributed by atoms with Crippen molar-refractivity contribution in [3.63, 3.8) is 0 Å². The van der Waals surface area contributed by atoms with E-state index in [9.17, 15) is 4.79 Å². The highest BCUT2D eigenvalue weighted by Gasteiger charge is 2.28. The van der Waals surface area contributed by atoms with Crippen LogP contribution in [0, 0.1) is 5.92 Å². The van der Waals surface area contributed by atoms with Crippen molar-refractivity contribution < 1.29 is 9.53 Å². The van der Waals surface area contributed by atoms with Crippen molar-refractivity contribution in [2.75, 3.05) is 37.0 Å². The van der Waals surface area contributed by atoms with E-state index in [0.29, 0.717) is 5.92 Å². The van der Waals surface area contributed by atoms with Gasteiger partial charge >= 0.3 is 0 Å². The molecule has 1 aromatic rings. The van der Waals surface area contributed by atoms with Crippen LogP contribution < -0.4 is 16.0 Å². The number of carbonyl (C=O) groups excluding carboxylic acids is 1. The monoisotopic (exact) mass is 275 g/mol. The minimum atomic E-state index is -0.522. The number of fused-ring (bicyclic) bond motifs is 1. The molecule has 2 aliphatic rings. The van der Waals surface area contributed by atoms with E-state index in [2.05, 4.69) is 16.3 Å². The molecule has 1 aromatic carbocycles. The lowest BCUT2D eigenvalue weighted by atomic mass is 9.97. The molecule has 5 heteroatoms. The van der Waals surface area contributed by atoms with Crippen molar-refractivity contribution in [3.8, 4) is 0 Å². The van der Waals surface area contributed by atoms with Crippen molar-refractivity contribution in [2.45, 2.75) is 18.9 Å². The predicted octanol–water partition coefficient (Wildman–Crippen LogP) is 1.50. The van der Waals surface area contributed by atoms with Crippen molar-refractivity contribution >= 4 is 17.3 Å². The minimum absolute atomic E-state index is 0.115. The number of nitrogens with zero attached hydrogens (tertiary/aromatic N) is 1. The second-order valence-corrected chi connectivity index (χ2v) is 5.62. The summed E-state index contributed by atoms with van der Waals surface area (Å²) in [5.41, 5.74) is 8.75. The third-order valence-electron chi connectivity index (χ3n) is 4.29. The summed E-state index contributed by atoms with van der Waals surface area (Å²) < 4.78 is 5.23. The fourth-order valence-corrected chi connectivity index (χ4v) is 3.07.